The van der Waals surface area contributed by atoms with Crippen molar-refractivity contribution in [3.63, 3.8) is 0 Å². The van der Waals surface area contributed by atoms with Crippen molar-refractivity contribution in [2.75, 3.05) is 31.3 Å². The predicted octanol–water partition coefficient (Wildman–Crippen LogP) is 16.8. The molecule has 0 aromatic heterocycles. The average Bonchev–Trinajstić information content (AvgIpc) is 3.37. The Bertz CT molecular complexity index is 2250. The summed E-state index contributed by atoms with van der Waals surface area (Å²) in [4.78, 5) is 24.7. The van der Waals surface area contributed by atoms with Gasteiger partial charge in [-0.1, -0.05) is 178 Å². The average molecular weight is 946 g/mol. The fourth-order valence-electron chi connectivity index (χ4n) is 8.41. The van der Waals surface area contributed by atoms with Gasteiger partial charge >= 0.3 is 11.9 Å². The Hall–Kier alpha value is -6.34. The first-order chi connectivity index (χ1) is 34.0. The van der Waals surface area contributed by atoms with Gasteiger partial charge in [0.15, 0.2) is 0 Å². The lowest BCUT2D eigenvalue weighted by molar-refractivity contribution is -0.138. The highest BCUT2D eigenvalue weighted by Gasteiger charge is 2.18. The molecule has 0 unspecified atom stereocenters. The van der Waals surface area contributed by atoms with Gasteiger partial charge in [0.1, 0.15) is 11.5 Å². The maximum absolute atomic E-state index is 11.2. The molecule has 0 aliphatic carbocycles. The first-order valence-corrected chi connectivity index (χ1v) is 25.9. The number of unbranched alkanes of at least 4 members (excludes halogenated alkanes) is 14. The lowest BCUT2D eigenvalue weighted by Gasteiger charge is -2.28. The number of carbonyl (C=O) groups excluding carboxylic acids is 2. The van der Waals surface area contributed by atoms with Gasteiger partial charge in [0.25, 0.3) is 0 Å². The zero-order valence-electron chi connectivity index (χ0n) is 42.7. The molecule has 5 aromatic rings. The van der Waals surface area contributed by atoms with Crippen molar-refractivity contribution in [1.29, 1.82) is 0 Å². The molecule has 0 atom stereocenters. The van der Waals surface area contributed by atoms with Crippen LogP contribution in [0.1, 0.15) is 151 Å². The van der Waals surface area contributed by atoms with Gasteiger partial charge in [-0.3, -0.25) is 0 Å². The van der Waals surface area contributed by atoms with E-state index in [1.807, 2.05) is 0 Å². The van der Waals surface area contributed by atoms with Crippen LogP contribution >= 0.6 is 0 Å². The Morgan fingerprint density at radius 1 is 0.486 bits per heavy atom. The number of esters is 2. The highest BCUT2D eigenvalue weighted by Crippen LogP contribution is 2.38. The smallest absolute Gasteiger partial charge is 0.330 e. The molecular formula is C63H79NO6. The third-order valence-corrected chi connectivity index (χ3v) is 12.6. The molecule has 0 saturated carbocycles. The van der Waals surface area contributed by atoms with Gasteiger partial charge in [-0.25, -0.2) is 9.59 Å². The van der Waals surface area contributed by atoms with E-state index in [2.05, 4.69) is 173 Å². The van der Waals surface area contributed by atoms with E-state index in [1.54, 1.807) is 0 Å². The van der Waals surface area contributed by atoms with Crippen LogP contribution in [0.4, 0.5) is 17.1 Å². The van der Waals surface area contributed by atoms with Gasteiger partial charge in [0, 0.05) is 29.2 Å². The number of ether oxygens (including phenoxy) is 4. The molecule has 372 valence electrons. The molecule has 0 saturated heterocycles. The van der Waals surface area contributed by atoms with Crippen LogP contribution in [0.15, 0.2) is 147 Å². The Labute approximate surface area is 420 Å². The van der Waals surface area contributed by atoms with Crippen LogP contribution in [0.2, 0.25) is 0 Å². The zero-order chi connectivity index (χ0) is 49.8. The van der Waals surface area contributed by atoms with Crippen LogP contribution in [-0.2, 0) is 24.5 Å². The first kappa shape index (κ1) is 54.6. The van der Waals surface area contributed by atoms with Gasteiger partial charge in [0.05, 0.1) is 26.4 Å². The number of anilines is 3. The van der Waals surface area contributed by atoms with E-state index in [0.717, 1.165) is 115 Å². The number of aryl methyl sites for hydroxylation is 1. The van der Waals surface area contributed by atoms with E-state index in [9.17, 15) is 9.59 Å². The van der Waals surface area contributed by atoms with E-state index in [0.29, 0.717) is 26.4 Å². The van der Waals surface area contributed by atoms with Crippen molar-refractivity contribution in [2.45, 2.75) is 136 Å². The maximum atomic E-state index is 11.2. The standard InChI is InChI=1S/C63H79NO6/c1-7-61(65)69-47-25-19-15-11-9-13-17-23-45-67-57-41-31-52(32-42-57)59(53-33-43-58(44-34-53)68-46-24-18-14-10-12-16-20-26-48-70-62(66)8-2)49-51-29-37-55(38-30-51)64(60-28-22-21-27-50(60)3)56-39-35-54(36-40-56)63(4,5)6/h7-8,21-22,27-44,49H,1-2,9-20,23-26,45-48H2,3-6H3. The zero-order valence-corrected chi connectivity index (χ0v) is 42.7. The monoisotopic (exact) mass is 946 g/mol. The van der Waals surface area contributed by atoms with Crippen LogP contribution in [0.3, 0.4) is 0 Å². The van der Waals surface area contributed by atoms with Crippen molar-refractivity contribution in [3.05, 3.63) is 174 Å². The van der Waals surface area contributed by atoms with Crippen LogP contribution < -0.4 is 14.4 Å². The minimum atomic E-state index is -0.341. The lowest BCUT2D eigenvalue weighted by atomic mass is 9.87. The number of benzene rings is 5. The molecule has 0 bridgehead atoms. The van der Waals surface area contributed by atoms with Crippen molar-refractivity contribution < 1.29 is 28.5 Å². The fraction of sp³-hybridized carbons (Fsp3) is 0.397. The van der Waals surface area contributed by atoms with Crippen LogP contribution in [0.25, 0.3) is 11.6 Å². The summed E-state index contributed by atoms with van der Waals surface area (Å²) in [6.45, 7) is 18.2. The number of carbonyl (C=O) groups is 2. The second kappa shape index (κ2) is 30.3. The number of hydrogen-bond donors (Lipinski definition) is 0. The molecule has 0 N–H and O–H groups in total. The normalized spacial score (nSPS) is 11.1. The molecule has 0 fully saturated rings. The summed E-state index contributed by atoms with van der Waals surface area (Å²) in [5.74, 6) is 1.08. The Morgan fingerprint density at radius 3 is 1.27 bits per heavy atom. The second-order valence-corrected chi connectivity index (χ2v) is 19.2. The van der Waals surface area contributed by atoms with E-state index in [-0.39, 0.29) is 17.4 Å². The maximum Gasteiger partial charge on any atom is 0.330 e. The highest BCUT2D eigenvalue weighted by molar-refractivity contribution is 5.92. The summed E-state index contributed by atoms with van der Waals surface area (Å²) in [6, 6.07) is 43.4. The summed E-state index contributed by atoms with van der Waals surface area (Å²) in [6.07, 6.45) is 22.6. The van der Waals surface area contributed by atoms with E-state index >= 15 is 0 Å². The fourth-order valence-corrected chi connectivity index (χ4v) is 8.41. The van der Waals surface area contributed by atoms with E-state index < -0.39 is 0 Å². The van der Waals surface area contributed by atoms with Gasteiger partial charge < -0.3 is 23.8 Å². The predicted molar refractivity (Wildman–Crippen MR) is 292 cm³/mol. The summed E-state index contributed by atoms with van der Waals surface area (Å²) in [7, 11) is 0. The van der Waals surface area contributed by atoms with Gasteiger partial charge in [0.2, 0.25) is 0 Å². The molecule has 0 spiro atoms. The molecule has 7 nitrogen and oxygen atoms in total. The molecule has 5 aromatic carbocycles. The molecule has 0 radical (unpaired) electrons. The summed E-state index contributed by atoms with van der Waals surface area (Å²) in [5, 5.41) is 0. The van der Waals surface area contributed by atoms with Crippen molar-refractivity contribution >= 4 is 40.6 Å². The molecule has 70 heavy (non-hydrogen) atoms. The molecule has 0 heterocycles. The quantitative estimate of drug-likeness (QED) is 0.0184. The third-order valence-electron chi connectivity index (χ3n) is 12.6. The molecule has 0 amide bonds. The number of hydrogen-bond acceptors (Lipinski definition) is 7. The summed E-state index contributed by atoms with van der Waals surface area (Å²) < 4.78 is 22.6. The third kappa shape index (κ3) is 19.2. The van der Waals surface area contributed by atoms with Crippen LogP contribution in [0.5, 0.6) is 11.5 Å². The number of nitrogens with zero attached hydrogens (tertiary/aromatic N) is 1. The minimum Gasteiger partial charge on any atom is -0.494 e. The van der Waals surface area contributed by atoms with Crippen LogP contribution in [-0.4, -0.2) is 38.4 Å². The number of para-hydroxylation sites is 1. The van der Waals surface area contributed by atoms with E-state index in [4.69, 9.17) is 18.9 Å². The molecule has 0 aliphatic rings. The summed E-state index contributed by atoms with van der Waals surface area (Å²) >= 11 is 0. The van der Waals surface area contributed by atoms with E-state index in [1.165, 1.54) is 61.8 Å². The molecule has 7 heteroatoms. The topological polar surface area (TPSA) is 74.3 Å². The van der Waals surface area contributed by atoms with Crippen molar-refractivity contribution in [2.24, 2.45) is 0 Å². The van der Waals surface area contributed by atoms with Gasteiger partial charge in [-0.05, 0) is 132 Å². The summed E-state index contributed by atoms with van der Waals surface area (Å²) in [5.41, 5.74) is 10.4. The highest BCUT2D eigenvalue weighted by atomic mass is 16.5. The van der Waals surface area contributed by atoms with Crippen molar-refractivity contribution in [3.8, 4) is 11.5 Å². The van der Waals surface area contributed by atoms with Gasteiger partial charge in [-0.2, -0.15) is 0 Å². The molecule has 5 rings (SSSR count). The molecule has 0 aliphatic heterocycles. The van der Waals surface area contributed by atoms with Gasteiger partial charge in [-0.15, -0.1) is 0 Å². The van der Waals surface area contributed by atoms with Crippen molar-refractivity contribution in [1.82, 2.24) is 0 Å². The minimum absolute atomic E-state index is 0.0721. The largest absolute Gasteiger partial charge is 0.494 e. The Balaban J connectivity index is 1.21. The first-order valence-electron chi connectivity index (χ1n) is 25.9. The SMILES string of the molecule is C=CC(=O)OCCCCCCCCCCOc1ccc(C(=Cc2ccc(N(c3ccc(C(C)(C)C)cc3)c3ccccc3C)cc2)c2ccc(OCCCCCCCCCCOC(=O)C=C)cc2)cc1. The van der Waals surface area contributed by atoms with Crippen LogP contribution in [0, 0.1) is 6.92 Å². The molecular weight excluding hydrogens is 867 g/mol. The second-order valence-electron chi connectivity index (χ2n) is 19.2. The Morgan fingerprint density at radius 2 is 0.871 bits per heavy atom. The lowest BCUT2D eigenvalue weighted by Crippen LogP contribution is -2.13. The Kier molecular flexibility index (Phi) is 23.6. The number of rotatable bonds is 32.